The van der Waals surface area contributed by atoms with Crippen molar-refractivity contribution in [3.05, 3.63) is 63.8 Å². The number of para-hydroxylation sites is 1. The van der Waals surface area contributed by atoms with Crippen molar-refractivity contribution in [2.24, 2.45) is 5.92 Å². The minimum atomic E-state index is -0.379. The van der Waals surface area contributed by atoms with Crippen LogP contribution in [-0.2, 0) is 0 Å². The molecule has 4 aromatic rings. The fourth-order valence-electron chi connectivity index (χ4n) is 3.69. The second-order valence-electron chi connectivity index (χ2n) is 7.66. The van der Waals surface area contributed by atoms with Crippen LogP contribution in [0.2, 0.25) is 5.02 Å². The SMILES string of the molecule is Nc1ccc(-n2c([C@@H](Nc3nc(N)nc(N)c3Cl)C3CC3)nc3ccccc3c2=O)cn1. The number of nitrogens with zero attached hydrogens (tertiary/aromatic N) is 5. The van der Waals surface area contributed by atoms with E-state index >= 15 is 0 Å². The van der Waals surface area contributed by atoms with Crippen molar-refractivity contribution < 1.29 is 0 Å². The largest absolute Gasteiger partial charge is 0.384 e. The minimum Gasteiger partial charge on any atom is -0.384 e. The first kappa shape index (κ1) is 20.0. The molecular formula is C21H20ClN9O. The average molecular weight is 450 g/mol. The summed E-state index contributed by atoms with van der Waals surface area (Å²) in [5.41, 5.74) is 18.3. The van der Waals surface area contributed by atoms with Gasteiger partial charge in [0.1, 0.15) is 22.5 Å². The van der Waals surface area contributed by atoms with Gasteiger partial charge in [0.25, 0.3) is 5.56 Å². The highest BCUT2D eigenvalue weighted by molar-refractivity contribution is 6.35. The fraction of sp³-hybridized carbons (Fsp3) is 0.190. The van der Waals surface area contributed by atoms with Crippen molar-refractivity contribution >= 4 is 45.9 Å². The summed E-state index contributed by atoms with van der Waals surface area (Å²) in [6.07, 6.45) is 3.45. The van der Waals surface area contributed by atoms with Crippen LogP contribution in [0.4, 0.5) is 23.4 Å². The molecule has 32 heavy (non-hydrogen) atoms. The van der Waals surface area contributed by atoms with Gasteiger partial charge in [-0.05, 0) is 43.0 Å². The summed E-state index contributed by atoms with van der Waals surface area (Å²) in [4.78, 5) is 30.7. The van der Waals surface area contributed by atoms with Crippen LogP contribution in [0.3, 0.4) is 0 Å². The lowest BCUT2D eigenvalue weighted by molar-refractivity contribution is 0.609. The minimum absolute atomic E-state index is 0.00413. The number of fused-ring (bicyclic) bond motifs is 1. The molecule has 0 saturated heterocycles. The summed E-state index contributed by atoms with van der Waals surface area (Å²) in [5, 5.41) is 3.97. The first-order valence-electron chi connectivity index (χ1n) is 10.0. The van der Waals surface area contributed by atoms with Gasteiger partial charge < -0.3 is 22.5 Å². The number of aromatic nitrogens is 5. The molecule has 0 amide bonds. The van der Waals surface area contributed by atoms with E-state index in [1.807, 2.05) is 12.1 Å². The van der Waals surface area contributed by atoms with Gasteiger partial charge in [-0.15, -0.1) is 0 Å². The average Bonchev–Trinajstić information content (AvgIpc) is 3.61. The van der Waals surface area contributed by atoms with E-state index in [0.29, 0.717) is 28.2 Å². The van der Waals surface area contributed by atoms with E-state index in [4.69, 9.17) is 33.8 Å². The normalized spacial score (nSPS) is 14.4. The van der Waals surface area contributed by atoms with Crippen LogP contribution in [0.25, 0.3) is 16.6 Å². The van der Waals surface area contributed by atoms with Crippen LogP contribution in [0.5, 0.6) is 0 Å². The first-order valence-corrected chi connectivity index (χ1v) is 10.4. The molecule has 162 valence electrons. The Morgan fingerprint density at radius 2 is 1.84 bits per heavy atom. The van der Waals surface area contributed by atoms with Crippen molar-refractivity contribution in [1.82, 2.24) is 24.5 Å². The molecule has 0 aliphatic heterocycles. The Morgan fingerprint density at radius 1 is 1.06 bits per heavy atom. The fourth-order valence-corrected chi connectivity index (χ4v) is 3.83. The molecule has 1 saturated carbocycles. The molecule has 5 rings (SSSR count). The van der Waals surface area contributed by atoms with Gasteiger partial charge in [-0.1, -0.05) is 23.7 Å². The number of pyridine rings is 1. The zero-order chi connectivity index (χ0) is 22.4. The maximum Gasteiger partial charge on any atom is 0.266 e. The van der Waals surface area contributed by atoms with Crippen molar-refractivity contribution in [1.29, 1.82) is 0 Å². The van der Waals surface area contributed by atoms with Crippen LogP contribution < -0.4 is 28.1 Å². The third-order valence-electron chi connectivity index (χ3n) is 5.39. The highest BCUT2D eigenvalue weighted by Crippen LogP contribution is 2.43. The Hall–Kier alpha value is -3.92. The smallest absolute Gasteiger partial charge is 0.266 e. The van der Waals surface area contributed by atoms with Crippen molar-refractivity contribution in [2.75, 3.05) is 22.5 Å². The lowest BCUT2D eigenvalue weighted by atomic mass is 10.1. The number of nitrogen functional groups attached to an aromatic ring is 3. The number of halogens is 1. The highest BCUT2D eigenvalue weighted by Gasteiger charge is 2.37. The summed E-state index contributed by atoms with van der Waals surface area (Å²) in [6, 6.07) is 10.2. The topological polar surface area (TPSA) is 164 Å². The van der Waals surface area contributed by atoms with Crippen molar-refractivity contribution in [3.8, 4) is 5.69 Å². The number of hydrogen-bond acceptors (Lipinski definition) is 9. The van der Waals surface area contributed by atoms with Gasteiger partial charge in [-0.3, -0.25) is 9.36 Å². The van der Waals surface area contributed by atoms with Gasteiger partial charge >= 0.3 is 0 Å². The van der Waals surface area contributed by atoms with Crippen LogP contribution in [-0.4, -0.2) is 24.5 Å². The third-order valence-corrected chi connectivity index (χ3v) is 5.76. The lowest BCUT2D eigenvalue weighted by Gasteiger charge is -2.23. The molecule has 0 radical (unpaired) electrons. The van der Waals surface area contributed by atoms with Crippen molar-refractivity contribution in [2.45, 2.75) is 18.9 Å². The molecule has 7 N–H and O–H groups in total. The highest BCUT2D eigenvalue weighted by atomic mass is 35.5. The summed E-state index contributed by atoms with van der Waals surface area (Å²) in [7, 11) is 0. The standard InChI is InChI=1S/C21H20ClN9O/c22-15-17(24)29-21(25)30-18(15)28-16(10-5-6-10)19-27-13-4-2-1-3-12(13)20(32)31(19)11-7-8-14(23)26-9-11/h1-4,7-10,16H,5-6H2,(H2,23,26)(H5,24,25,28,29,30)/t16-/m0/s1. The third kappa shape index (κ3) is 3.54. The van der Waals surface area contributed by atoms with Crippen LogP contribution >= 0.6 is 11.6 Å². The zero-order valence-electron chi connectivity index (χ0n) is 16.9. The number of rotatable bonds is 5. The molecule has 1 atom stereocenters. The van der Waals surface area contributed by atoms with Crippen molar-refractivity contribution in [3.63, 3.8) is 0 Å². The summed E-state index contributed by atoms with van der Waals surface area (Å²) < 4.78 is 1.55. The van der Waals surface area contributed by atoms with E-state index in [2.05, 4.69) is 20.3 Å². The molecule has 1 aromatic carbocycles. The van der Waals surface area contributed by atoms with Gasteiger partial charge in [0, 0.05) is 0 Å². The molecule has 10 nitrogen and oxygen atoms in total. The molecule has 1 aliphatic carbocycles. The predicted octanol–water partition coefficient (Wildman–Crippen LogP) is 2.53. The van der Waals surface area contributed by atoms with Crippen LogP contribution in [0.1, 0.15) is 24.7 Å². The summed E-state index contributed by atoms with van der Waals surface area (Å²) in [5.74, 6) is 1.43. The van der Waals surface area contributed by atoms with Gasteiger partial charge in [0.15, 0.2) is 5.82 Å². The Morgan fingerprint density at radius 3 is 2.56 bits per heavy atom. The number of anilines is 4. The second kappa shape index (κ2) is 7.65. The molecule has 0 spiro atoms. The number of hydrogen-bond donors (Lipinski definition) is 4. The van der Waals surface area contributed by atoms with Gasteiger partial charge in [-0.25, -0.2) is 9.97 Å². The molecule has 0 unspecified atom stereocenters. The summed E-state index contributed by atoms with van der Waals surface area (Å²) in [6.45, 7) is 0. The maximum atomic E-state index is 13.6. The molecular weight excluding hydrogens is 430 g/mol. The Kier molecular flexibility index (Phi) is 4.78. The Balaban J connectivity index is 1.73. The molecule has 1 aliphatic rings. The van der Waals surface area contributed by atoms with Gasteiger partial charge in [0.05, 0.1) is 28.8 Å². The lowest BCUT2D eigenvalue weighted by Crippen LogP contribution is -2.29. The molecule has 3 heterocycles. The maximum absolute atomic E-state index is 13.6. The van der Waals surface area contributed by atoms with Crippen LogP contribution in [0.15, 0.2) is 47.4 Å². The Bertz CT molecular complexity index is 1380. The molecule has 1 fully saturated rings. The Labute approximate surface area is 187 Å². The number of nitrogens with one attached hydrogen (secondary N) is 1. The van der Waals surface area contributed by atoms with E-state index in [1.165, 1.54) is 0 Å². The zero-order valence-corrected chi connectivity index (χ0v) is 17.6. The quantitative estimate of drug-likeness (QED) is 0.358. The number of benzene rings is 1. The van der Waals surface area contributed by atoms with Gasteiger partial charge in [-0.2, -0.15) is 9.97 Å². The monoisotopic (exact) mass is 449 g/mol. The van der Waals surface area contributed by atoms with E-state index in [9.17, 15) is 4.79 Å². The van der Waals surface area contributed by atoms with E-state index in [-0.39, 0.29) is 40.1 Å². The molecule has 11 heteroatoms. The predicted molar refractivity (Wildman–Crippen MR) is 125 cm³/mol. The first-order chi connectivity index (χ1) is 15.4. The molecule has 3 aromatic heterocycles. The molecule has 0 bridgehead atoms. The summed E-state index contributed by atoms with van der Waals surface area (Å²) >= 11 is 6.34. The van der Waals surface area contributed by atoms with Crippen LogP contribution in [0, 0.1) is 5.92 Å². The van der Waals surface area contributed by atoms with Gasteiger partial charge in [0.2, 0.25) is 5.95 Å². The number of nitrogens with two attached hydrogens (primary N) is 3. The second-order valence-corrected chi connectivity index (χ2v) is 8.04. The van der Waals surface area contributed by atoms with E-state index in [0.717, 1.165) is 12.8 Å². The van der Waals surface area contributed by atoms with E-state index < -0.39 is 0 Å². The van der Waals surface area contributed by atoms with E-state index in [1.54, 1.807) is 35.0 Å².